The standard InChI is InChI=1S/C12H13BrN2O3/c1-2-3-6-14-12(18)15-10-5-4-8(13)7-9(10)11(16)17/h2,4-5,7H,1,3,6H2,(H,16,17)(H2,14,15,18). The van der Waals surface area contributed by atoms with Gasteiger partial charge in [-0.15, -0.1) is 6.58 Å². The molecule has 0 saturated heterocycles. The lowest BCUT2D eigenvalue weighted by Gasteiger charge is -2.09. The first-order valence-corrected chi connectivity index (χ1v) is 6.02. The fourth-order valence-corrected chi connectivity index (χ4v) is 1.62. The van der Waals surface area contributed by atoms with Crippen molar-refractivity contribution < 1.29 is 14.7 Å². The van der Waals surface area contributed by atoms with Crippen LogP contribution in [0.2, 0.25) is 0 Å². The maximum absolute atomic E-state index is 11.5. The molecule has 3 N–H and O–H groups in total. The van der Waals surface area contributed by atoms with Gasteiger partial charge in [0.15, 0.2) is 0 Å². The summed E-state index contributed by atoms with van der Waals surface area (Å²) < 4.78 is 0.637. The van der Waals surface area contributed by atoms with Crippen molar-refractivity contribution in [2.75, 3.05) is 11.9 Å². The second kappa shape index (κ2) is 6.80. The molecule has 2 amide bonds. The van der Waals surface area contributed by atoms with E-state index in [-0.39, 0.29) is 11.3 Å². The molecule has 0 aromatic heterocycles. The lowest BCUT2D eigenvalue weighted by atomic mass is 10.2. The van der Waals surface area contributed by atoms with Crippen LogP contribution in [0.1, 0.15) is 16.8 Å². The average molecular weight is 313 g/mol. The van der Waals surface area contributed by atoms with Gasteiger partial charge in [0.05, 0.1) is 11.3 Å². The quantitative estimate of drug-likeness (QED) is 0.578. The van der Waals surface area contributed by atoms with Gasteiger partial charge in [0.2, 0.25) is 0 Å². The highest BCUT2D eigenvalue weighted by atomic mass is 79.9. The van der Waals surface area contributed by atoms with Crippen LogP contribution in [-0.2, 0) is 0 Å². The number of halogens is 1. The summed E-state index contributed by atoms with van der Waals surface area (Å²) in [5.74, 6) is -1.10. The molecule has 0 spiro atoms. The number of nitrogens with one attached hydrogen (secondary N) is 2. The van der Waals surface area contributed by atoms with Gasteiger partial charge in [-0.2, -0.15) is 0 Å². The molecule has 0 saturated carbocycles. The first-order valence-electron chi connectivity index (χ1n) is 5.23. The minimum atomic E-state index is -1.10. The lowest BCUT2D eigenvalue weighted by molar-refractivity contribution is 0.0698. The predicted molar refractivity (Wildman–Crippen MR) is 72.9 cm³/mol. The number of rotatable bonds is 5. The van der Waals surface area contributed by atoms with Gasteiger partial charge in [-0.1, -0.05) is 22.0 Å². The molecular weight excluding hydrogens is 300 g/mol. The average Bonchev–Trinajstić information content (AvgIpc) is 2.31. The van der Waals surface area contributed by atoms with E-state index in [2.05, 4.69) is 33.1 Å². The summed E-state index contributed by atoms with van der Waals surface area (Å²) in [6, 6.07) is 4.18. The number of aromatic carboxylic acids is 1. The van der Waals surface area contributed by atoms with Crippen LogP contribution in [0.25, 0.3) is 0 Å². The third-order valence-corrected chi connectivity index (χ3v) is 2.59. The number of hydrogen-bond donors (Lipinski definition) is 3. The summed E-state index contributed by atoms with van der Waals surface area (Å²) in [5, 5.41) is 14.1. The van der Waals surface area contributed by atoms with Gasteiger partial charge >= 0.3 is 12.0 Å². The SMILES string of the molecule is C=CCCNC(=O)Nc1ccc(Br)cc1C(=O)O. The predicted octanol–water partition coefficient (Wildman–Crippen LogP) is 2.84. The smallest absolute Gasteiger partial charge is 0.337 e. The number of carbonyl (C=O) groups is 2. The van der Waals surface area contributed by atoms with E-state index in [9.17, 15) is 9.59 Å². The minimum absolute atomic E-state index is 0.0308. The largest absolute Gasteiger partial charge is 0.478 e. The Kier molecular flexibility index (Phi) is 5.38. The van der Waals surface area contributed by atoms with Crippen LogP contribution in [0, 0.1) is 0 Å². The molecule has 0 radical (unpaired) electrons. The lowest BCUT2D eigenvalue weighted by Crippen LogP contribution is -2.29. The van der Waals surface area contributed by atoms with E-state index in [4.69, 9.17) is 5.11 Å². The van der Waals surface area contributed by atoms with Crippen molar-refractivity contribution in [1.29, 1.82) is 0 Å². The monoisotopic (exact) mass is 312 g/mol. The van der Waals surface area contributed by atoms with Crippen LogP contribution in [0.3, 0.4) is 0 Å². The molecule has 0 aliphatic rings. The molecule has 1 aromatic carbocycles. The molecule has 5 nitrogen and oxygen atoms in total. The third kappa shape index (κ3) is 4.21. The van der Waals surface area contributed by atoms with E-state index in [0.717, 1.165) is 0 Å². The second-order valence-corrected chi connectivity index (χ2v) is 4.37. The van der Waals surface area contributed by atoms with Gasteiger partial charge in [0, 0.05) is 11.0 Å². The Bertz CT molecular complexity index is 474. The second-order valence-electron chi connectivity index (χ2n) is 3.45. The third-order valence-electron chi connectivity index (χ3n) is 2.09. The van der Waals surface area contributed by atoms with Crippen molar-refractivity contribution in [3.05, 3.63) is 40.9 Å². The van der Waals surface area contributed by atoms with Gasteiger partial charge < -0.3 is 15.7 Å². The molecule has 18 heavy (non-hydrogen) atoms. The number of carbonyl (C=O) groups excluding carboxylic acids is 1. The summed E-state index contributed by atoms with van der Waals surface area (Å²) in [6.07, 6.45) is 2.34. The summed E-state index contributed by atoms with van der Waals surface area (Å²) in [4.78, 5) is 22.5. The van der Waals surface area contributed by atoms with Crippen molar-refractivity contribution in [2.24, 2.45) is 0 Å². The number of urea groups is 1. The van der Waals surface area contributed by atoms with Crippen molar-refractivity contribution >= 4 is 33.6 Å². The van der Waals surface area contributed by atoms with E-state index in [1.807, 2.05) is 0 Å². The molecule has 0 atom stereocenters. The van der Waals surface area contributed by atoms with Crippen LogP contribution in [-0.4, -0.2) is 23.7 Å². The first kappa shape index (κ1) is 14.2. The molecule has 0 heterocycles. The van der Waals surface area contributed by atoms with E-state index < -0.39 is 12.0 Å². The van der Waals surface area contributed by atoms with Gasteiger partial charge in [-0.25, -0.2) is 9.59 Å². The minimum Gasteiger partial charge on any atom is -0.478 e. The van der Waals surface area contributed by atoms with E-state index in [0.29, 0.717) is 17.4 Å². The van der Waals surface area contributed by atoms with Crippen LogP contribution in [0.15, 0.2) is 35.3 Å². The number of anilines is 1. The number of benzene rings is 1. The molecule has 0 bridgehead atoms. The molecule has 0 unspecified atom stereocenters. The van der Waals surface area contributed by atoms with Gasteiger partial charge in [-0.3, -0.25) is 0 Å². The molecule has 0 fully saturated rings. The number of hydrogen-bond acceptors (Lipinski definition) is 2. The maximum Gasteiger partial charge on any atom is 0.337 e. The first-order chi connectivity index (χ1) is 8.54. The Balaban J connectivity index is 2.74. The Morgan fingerprint density at radius 3 is 2.78 bits per heavy atom. The molecular formula is C12H13BrN2O3. The number of amides is 2. The zero-order valence-electron chi connectivity index (χ0n) is 9.57. The van der Waals surface area contributed by atoms with E-state index in [1.54, 1.807) is 12.1 Å². The number of carboxylic acid groups (broad SMARTS) is 1. The Labute approximate surface area is 113 Å². The van der Waals surface area contributed by atoms with Gasteiger partial charge in [-0.05, 0) is 24.6 Å². The molecule has 1 aromatic rings. The molecule has 6 heteroatoms. The Morgan fingerprint density at radius 2 is 2.17 bits per heavy atom. The fourth-order valence-electron chi connectivity index (χ4n) is 1.26. The van der Waals surface area contributed by atoms with Crippen molar-refractivity contribution in [3.8, 4) is 0 Å². The van der Waals surface area contributed by atoms with Crippen molar-refractivity contribution in [1.82, 2.24) is 5.32 Å². The van der Waals surface area contributed by atoms with Gasteiger partial charge in [0.1, 0.15) is 0 Å². The van der Waals surface area contributed by atoms with Crippen LogP contribution < -0.4 is 10.6 Å². The topological polar surface area (TPSA) is 78.4 Å². The highest BCUT2D eigenvalue weighted by molar-refractivity contribution is 9.10. The summed E-state index contributed by atoms with van der Waals surface area (Å²) in [6.45, 7) is 3.99. The zero-order valence-corrected chi connectivity index (χ0v) is 11.2. The highest BCUT2D eigenvalue weighted by Crippen LogP contribution is 2.21. The normalized spacial score (nSPS) is 9.61. The molecule has 96 valence electrons. The Hall–Kier alpha value is -1.82. The molecule has 1 rings (SSSR count). The summed E-state index contributed by atoms with van der Waals surface area (Å²) in [7, 11) is 0. The molecule has 0 aliphatic carbocycles. The molecule has 0 aliphatic heterocycles. The Morgan fingerprint density at radius 1 is 1.44 bits per heavy atom. The van der Waals surface area contributed by atoms with Crippen LogP contribution in [0.5, 0.6) is 0 Å². The fraction of sp³-hybridized carbons (Fsp3) is 0.167. The van der Waals surface area contributed by atoms with Crippen molar-refractivity contribution in [3.63, 3.8) is 0 Å². The van der Waals surface area contributed by atoms with E-state index >= 15 is 0 Å². The van der Waals surface area contributed by atoms with Crippen molar-refractivity contribution in [2.45, 2.75) is 6.42 Å². The van der Waals surface area contributed by atoms with E-state index in [1.165, 1.54) is 12.1 Å². The van der Waals surface area contributed by atoms with Crippen LogP contribution in [0.4, 0.5) is 10.5 Å². The summed E-state index contributed by atoms with van der Waals surface area (Å²) in [5.41, 5.74) is 0.282. The van der Waals surface area contributed by atoms with Gasteiger partial charge in [0.25, 0.3) is 0 Å². The maximum atomic E-state index is 11.5. The zero-order chi connectivity index (χ0) is 13.5. The van der Waals surface area contributed by atoms with Crippen LogP contribution >= 0.6 is 15.9 Å². The highest BCUT2D eigenvalue weighted by Gasteiger charge is 2.12. The number of carboxylic acids is 1. The summed E-state index contributed by atoms with van der Waals surface area (Å²) >= 11 is 3.18.